The summed E-state index contributed by atoms with van der Waals surface area (Å²) in [4.78, 5) is 11.6. The van der Waals surface area contributed by atoms with E-state index < -0.39 is 17.4 Å². The van der Waals surface area contributed by atoms with Crippen LogP contribution in [-0.4, -0.2) is 18.2 Å². The average molecular weight is 274 g/mol. The number of esters is 1. The van der Waals surface area contributed by atoms with Gasteiger partial charge in [0, 0.05) is 11.6 Å². The maximum Gasteiger partial charge on any atom is 0.313 e. The minimum absolute atomic E-state index is 0. The lowest BCUT2D eigenvalue weighted by Gasteiger charge is -2.29. The van der Waals surface area contributed by atoms with E-state index in [1.807, 2.05) is 13.0 Å². The van der Waals surface area contributed by atoms with Crippen molar-refractivity contribution in [3.8, 4) is 5.75 Å². The van der Waals surface area contributed by atoms with Crippen molar-refractivity contribution in [1.29, 1.82) is 0 Å². The maximum absolute atomic E-state index is 11.6. The van der Waals surface area contributed by atoms with E-state index in [0.717, 1.165) is 5.56 Å². The van der Waals surface area contributed by atoms with E-state index in [4.69, 9.17) is 10.5 Å². The number of carbonyl (C=O) groups excluding carboxylic acids is 1. The molecule has 0 heterocycles. The highest BCUT2D eigenvalue weighted by Gasteiger charge is 2.37. The standard InChI is InChI=1S/C13H19NO3.ClH/c1-8-5-6-9(10(15)7-8)11(14)13(2,3)12(16)17-4;/h5-7,11,15H,14H2,1-4H3;1H/t11-;/m1./s1. The first-order chi connectivity index (χ1) is 7.80. The minimum atomic E-state index is -0.887. The summed E-state index contributed by atoms with van der Waals surface area (Å²) in [6.45, 7) is 5.27. The van der Waals surface area contributed by atoms with Gasteiger partial charge in [-0.2, -0.15) is 0 Å². The summed E-state index contributed by atoms with van der Waals surface area (Å²) in [6, 6.07) is 4.60. The molecule has 102 valence electrons. The van der Waals surface area contributed by atoms with E-state index in [1.54, 1.807) is 26.0 Å². The van der Waals surface area contributed by atoms with Gasteiger partial charge < -0.3 is 15.6 Å². The number of rotatable bonds is 3. The van der Waals surface area contributed by atoms with Crippen LogP contribution < -0.4 is 5.73 Å². The van der Waals surface area contributed by atoms with Crippen molar-refractivity contribution < 1.29 is 14.6 Å². The van der Waals surface area contributed by atoms with Crippen LogP contribution in [-0.2, 0) is 9.53 Å². The number of aromatic hydroxyl groups is 1. The Kier molecular flexibility index (Phi) is 5.64. The molecule has 0 amide bonds. The molecule has 0 unspecified atom stereocenters. The third-order valence-electron chi connectivity index (χ3n) is 3.01. The van der Waals surface area contributed by atoms with Gasteiger partial charge >= 0.3 is 5.97 Å². The molecule has 0 aliphatic rings. The van der Waals surface area contributed by atoms with Crippen molar-refractivity contribution in [3.63, 3.8) is 0 Å². The Labute approximate surface area is 114 Å². The fourth-order valence-electron chi connectivity index (χ4n) is 1.70. The highest BCUT2D eigenvalue weighted by molar-refractivity contribution is 5.85. The van der Waals surface area contributed by atoms with Crippen molar-refractivity contribution in [2.45, 2.75) is 26.8 Å². The summed E-state index contributed by atoms with van der Waals surface area (Å²) < 4.78 is 4.72. The topological polar surface area (TPSA) is 72.5 Å². The van der Waals surface area contributed by atoms with Crippen LogP contribution >= 0.6 is 12.4 Å². The van der Waals surface area contributed by atoms with E-state index in [2.05, 4.69) is 0 Å². The zero-order valence-corrected chi connectivity index (χ0v) is 11.9. The largest absolute Gasteiger partial charge is 0.508 e. The first-order valence-electron chi connectivity index (χ1n) is 5.44. The zero-order valence-electron chi connectivity index (χ0n) is 11.1. The summed E-state index contributed by atoms with van der Waals surface area (Å²) in [5.74, 6) is -0.292. The maximum atomic E-state index is 11.6. The summed E-state index contributed by atoms with van der Waals surface area (Å²) in [5.41, 5.74) is 6.64. The van der Waals surface area contributed by atoms with Crippen LogP contribution in [0.3, 0.4) is 0 Å². The molecule has 1 aromatic carbocycles. The number of carbonyl (C=O) groups is 1. The normalized spacial score (nSPS) is 12.5. The summed E-state index contributed by atoms with van der Waals surface area (Å²) in [6.07, 6.45) is 0. The number of aryl methyl sites for hydroxylation is 1. The zero-order chi connectivity index (χ0) is 13.2. The third-order valence-corrected chi connectivity index (χ3v) is 3.01. The second-order valence-corrected chi connectivity index (χ2v) is 4.75. The van der Waals surface area contributed by atoms with Crippen LogP contribution in [0.1, 0.15) is 31.0 Å². The van der Waals surface area contributed by atoms with Crippen molar-refractivity contribution in [1.82, 2.24) is 0 Å². The van der Waals surface area contributed by atoms with Crippen LogP contribution in [0.4, 0.5) is 0 Å². The van der Waals surface area contributed by atoms with Crippen LogP contribution in [0.5, 0.6) is 5.75 Å². The highest BCUT2D eigenvalue weighted by atomic mass is 35.5. The summed E-state index contributed by atoms with van der Waals surface area (Å²) in [7, 11) is 1.33. The molecule has 0 saturated carbocycles. The van der Waals surface area contributed by atoms with Gasteiger partial charge in [0.25, 0.3) is 0 Å². The molecule has 18 heavy (non-hydrogen) atoms. The van der Waals surface area contributed by atoms with Gasteiger partial charge in [-0.05, 0) is 32.4 Å². The van der Waals surface area contributed by atoms with E-state index in [0.29, 0.717) is 5.56 Å². The highest BCUT2D eigenvalue weighted by Crippen LogP contribution is 2.36. The Hall–Kier alpha value is -1.26. The molecular weight excluding hydrogens is 254 g/mol. The molecule has 1 aromatic rings. The van der Waals surface area contributed by atoms with Crippen LogP contribution in [0, 0.1) is 12.3 Å². The number of phenolic OH excluding ortho intramolecular Hbond substituents is 1. The van der Waals surface area contributed by atoms with E-state index in [1.165, 1.54) is 7.11 Å². The van der Waals surface area contributed by atoms with Crippen LogP contribution in [0.25, 0.3) is 0 Å². The summed E-state index contributed by atoms with van der Waals surface area (Å²) in [5, 5.41) is 9.85. The lowest BCUT2D eigenvalue weighted by molar-refractivity contribution is -0.152. The van der Waals surface area contributed by atoms with E-state index >= 15 is 0 Å². The lowest BCUT2D eigenvalue weighted by atomic mass is 9.80. The Balaban J connectivity index is 0.00000289. The first kappa shape index (κ1) is 16.7. The van der Waals surface area contributed by atoms with Crippen LogP contribution in [0.2, 0.25) is 0 Å². The fraction of sp³-hybridized carbons (Fsp3) is 0.462. The Morgan fingerprint density at radius 3 is 2.44 bits per heavy atom. The minimum Gasteiger partial charge on any atom is -0.508 e. The van der Waals surface area contributed by atoms with Gasteiger partial charge in [-0.1, -0.05) is 12.1 Å². The second kappa shape index (κ2) is 6.07. The molecule has 0 bridgehead atoms. The third kappa shape index (κ3) is 3.15. The van der Waals surface area contributed by atoms with Crippen molar-refractivity contribution >= 4 is 18.4 Å². The Morgan fingerprint density at radius 2 is 2.00 bits per heavy atom. The number of ether oxygens (including phenoxy) is 1. The van der Waals surface area contributed by atoms with Crippen LogP contribution in [0.15, 0.2) is 18.2 Å². The molecule has 0 aliphatic carbocycles. The predicted octanol–water partition coefficient (Wildman–Crippen LogP) is 2.32. The molecule has 0 fully saturated rings. The van der Waals surface area contributed by atoms with Crippen molar-refractivity contribution in [3.05, 3.63) is 29.3 Å². The summed E-state index contributed by atoms with van der Waals surface area (Å²) >= 11 is 0. The van der Waals surface area contributed by atoms with Gasteiger partial charge in [0.15, 0.2) is 0 Å². The monoisotopic (exact) mass is 273 g/mol. The van der Waals surface area contributed by atoms with E-state index in [-0.39, 0.29) is 18.2 Å². The fourth-order valence-corrected chi connectivity index (χ4v) is 1.70. The molecule has 0 aromatic heterocycles. The number of benzene rings is 1. The Morgan fingerprint density at radius 1 is 1.44 bits per heavy atom. The SMILES string of the molecule is COC(=O)C(C)(C)[C@H](N)c1ccc(C)cc1O.Cl. The number of nitrogens with two attached hydrogens (primary N) is 1. The predicted molar refractivity (Wildman–Crippen MR) is 72.8 cm³/mol. The molecule has 0 spiro atoms. The van der Waals surface area contributed by atoms with Gasteiger partial charge in [0.1, 0.15) is 5.75 Å². The van der Waals surface area contributed by atoms with Gasteiger partial charge in [-0.25, -0.2) is 0 Å². The molecule has 0 aliphatic heterocycles. The molecule has 4 nitrogen and oxygen atoms in total. The number of methoxy groups -OCH3 is 1. The van der Waals surface area contributed by atoms with Gasteiger partial charge in [-0.15, -0.1) is 12.4 Å². The molecule has 0 radical (unpaired) electrons. The number of hydrogen-bond donors (Lipinski definition) is 2. The smallest absolute Gasteiger partial charge is 0.313 e. The van der Waals surface area contributed by atoms with Crippen molar-refractivity contribution in [2.75, 3.05) is 7.11 Å². The van der Waals surface area contributed by atoms with Gasteiger partial charge in [-0.3, -0.25) is 4.79 Å². The van der Waals surface area contributed by atoms with Gasteiger partial charge in [0.2, 0.25) is 0 Å². The van der Waals surface area contributed by atoms with Gasteiger partial charge in [0.05, 0.1) is 12.5 Å². The lowest BCUT2D eigenvalue weighted by Crippen LogP contribution is -2.37. The molecule has 0 saturated heterocycles. The number of hydrogen-bond acceptors (Lipinski definition) is 4. The molecule has 1 rings (SSSR count). The first-order valence-corrected chi connectivity index (χ1v) is 5.44. The molecule has 3 N–H and O–H groups in total. The van der Waals surface area contributed by atoms with Crippen molar-refractivity contribution in [2.24, 2.45) is 11.1 Å². The quantitative estimate of drug-likeness (QED) is 0.829. The average Bonchev–Trinajstić information content (AvgIpc) is 2.27. The van der Waals surface area contributed by atoms with E-state index in [9.17, 15) is 9.90 Å². The number of phenols is 1. The molecule has 5 heteroatoms. The molecular formula is C13H20ClNO3. The second-order valence-electron chi connectivity index (χ2n) is 4.75. The molecule has 1 atom stereocenters. The Bertz CT molecular complexity index is 432. The number of halogens is 1.